The summed E-state index contributed by atoms with van der Waals surface area (Å²) >= 11 is 0. The molecule has 0 bridgehead atoms. The van der Waals surface area contributed by atoms with E-state index in [-0.39, 0.29) is 11.4 Å². The zero-order valence-electron chi connectivity index (χ0n) is 21.7. The summed E-state index contributed by atoms with van der Waals surface area (Å²) in [7, 11) is 0. The Morgan fingerprint density at radius 2 is 1.51 bits per heavy atom. The first-order chi connectivity index (χ1) is 19.0. The third kappa shape index (κ3) is 6.11. The number of rotatable bonds is 9. The van der Waals surface area contributed by atoms with E-state index >= 15 is 0 Å². The third-order valence-electron chi connectivity index (χ3n) is 7.57. The highest BCUT2D eigenvalue weighted by Crippen LogP contribution is 2.34. The van der Waals surface area contributed by atoms with E-state index in [0.29, 0.717) is 29.0 Å². The van der Waals surface area contributed by atoms with Crippen LogP contribution in [0, 0.1) is 11.7 Å². The van der Waals surface area contributed by atoms with Crippen molar-refractivity contribution >= 4 is 22.6 Å². The summed E-state index contributed by atoms with van der Waals surface area (Å²) in [4.78, 5) is 26.4. The molecule has 1 fully saturated rings. The topological polar surface area (TPSA) is 75.6 Å². The number of aliphatic carboxylic acids is 1. The van der Waals surface area contributed by atoms with Gasteiger partial charge < -0.3 is 15.2 Å². The molecule has 5 rings (SSSR count). The Morgan fingerprint density at radius 1 is 0.872 bits per heavy atom. The van der Waals surface area contributed by atoms with Crippen molar-refractivity contribution in [3.05, 3.63) is 114 Å². The smallest absolute Gasteiger partial charge is 0.327 e. The van der Waals surface area contributed by atoms with Crippen molar-refractivity contribution in [1.82, 2.24) is 5.32 Å². The van der Waals surface area contributed by atoms with Crippen LogP contribution >= 0.6 is 0 Å². The molecule has 1 atom stereocenters. The summed E-state index contributed by atoms with van der Waals surface area (Å²) < 4.78 is 20.3. The van der Waals surface area contributed by atoms with Crippen LogP contribution in [0.4, 0.5) is 4.39 Å². The normalized spacial score (nSPS) is 14.7. The molecule has 1 aliphatic carbocycles. The number of amides is 1. The summed E-state index contributed by atoms with van der Waals surface area (Å²) in [6.07, 6.45) is 5.67. The van der Waals surface area contributed by atoms with Crippen LogP contribution in [0.15, 0.2) is 91.0 Å². The molecule has 0 heterocycles. The molecule has 4 aromatic carbocycles. The van der Waals surface area contributed by atoms with Crippen molar-refractivity contribution < 1.29 is 23.8 Å². The predicted octanol–water partition coefficient (Wildman–Crippen LogP) is 6.95. The van der Waals surface area contributed by atoms with Gasteiger partial charge in [0.15, 0.2) is 0 Å². The van der Waals surface area contributed by atoms with Gasteiger partial charge in [-0.15, -0.1) is 0 Å². The first-order valence-electron chi connectivity index (χ1n) is 13.5. The maximum absolute atomic E-state index is 14.0. The first kappa shape index (κ1) is 26.4. The molecule has 5 nitrogen and oxygen atoms in total. The summed E-state index contributed by atoms with van der Waals surface area (Å²) in [5.74, 6) is -1.95. The monoisotopic (exact) mass is 525 g/mol. The van der Waals surface area contributed by atoms with Gasteiger partial charge in [0, 0.05) is 11.3 Å². The number of fused-ring (bicyclic) bond motifs is 1. The van der Waals surface area contributed by atoms with Gasteiger partial charge in [0.05, 0.1) is 12.2 Å². The molecular formula is C33H32FNO4. The van der Waals surface area contributed by atoms with Crippen LogP contribution in [-0.2, 0) is 4.79 Å². The largest absolute Gasteiger partial charge is 0.492 e. The highest BCUT2D eigenvalue weighted by molar-refractivity contribution is 6.05. The van der Waals surface area contributed by atoms with Crippen LogP contribution in [0.5, 0.6) is 5.75 Å². The number of ether oxygens (including phenoxy) is 1. The number of benzene rings is 4. The van der Waals surface area contributed by atoms with Crippen molar-refractivity contribution in [2.45, 2.75) is 44.1 Å². The molecule has 0 aromatic heterocycles. The van der Waals surface area contributed by atoms with Crippen molar-refractivity contribution in [3.8, 4) is 5.75 Å². The van der Waals surface area contributed by atoms with Gasteiger partial charge >= 0.3 is 5.97 Å². The summed E-state index contributed by atoms with van der Waals surface area (Å²) in [6.45, 7) is 0.454. The molecule has 1 aliphatic rings. The number of hydrogen-bond acceptors (Lipinski definition) is 3. The van der Waals surface area contributed by atoms with Gasteiger partial charge in [-0.3, -0.25) is 4.79 Å². The Hall–Kier alpha value is -4.19. The minimum atomic E-state index is -1.24. The average Bonchev–Trinajstić information content (AvgIpc) is 2.97. The molecule has 0 radical (unpaired) electrons. The van der Waals surface area contributed by atoms with Crippen molar-refractivity contribution in [3.63, 3.8) is 0 Å². The lowest BCUT2D eigenvalue weighted by molar-refractivity contribution is -0.139. The third-order valence-corrected chi connectivity index (χ3v) is 7.57. The van der Waals surface area contributed by atoms with Crippen LogP contribution in [-0.4, -0.2) is 29.6 Å². The Morgan fingerprint density at radius 3 is 2.13 bits per heavy atom. The van der Waals surface area contributed by atoms with Crippen molar-refractivity contribution in [1.29, 1.82) is 0 Å². The van der Waals surface area contributed by atoms with Crippen LogP contribution in [0.2, 0.25) is 0 Å². The van der Waals surface area contributed by atoms with Gasteiger partial charge in [-0.1, -0.05) is 86.0 Å². The van der Waals surface area contributed by atoms with E-state index in [1.807, 2.05) is 60.7 Å². The van der Waals surface area contributed by atoms with Gasteiger partial charge in [-0.2, -0.15) is 0 Å². The molecule has 4 aromatic rings. The average molecular weight is 526 g/mol. The maximum atomic E-state index is 14.0. The second kappa shape index (κ2) is 12.1. The lowest BCUT2D eigenvalue weighted by Crippen LogP contribution is -2.45. The van der Waals surface area contributed by atoms with Crippen molar-refractivity contribution in [2.75, 3.05) is 6.61 Å². The minimum absolute atomic E-state index is 0.232. The maximum Gasteiger partial charge on any atom is 0.327 e. The van der Waals surface area contributed by atoms with E-state index in [1.165, 1.54) is 18.6 Å². The fourth-order valence-electron chi connectivity index (χ4n) is 5.57. The molecule has 6 heteroatoms. The van der Waals surface area contributed by atoms with Gasteiger partial charge in [0.1, 0.15) is 17.6 Å². The number of carbonyl (C=O) groups excluding carboxylic acids is 1. The molecule has 1 unspecified atom stereocenters. The number of carboxylic acid groups (broad SMARTS) is 1. The van der Waals surface area contributed by atoms with Crippen LogP contribution < -0.4 is 10.1 Å². The standard InChI is InChI=1S/C33H32FNO4/c34-26-17-19-27-25(20-26)16-18-28(31(27)39-21-22-10-4-1-5-11-22)32(36)35-30(33(37)38)29(23-12-6-2-7-13-23)24-14-8-3-9-15-24/h2-3,6-9,12-20,22,29-30H,1,4-5,10-11,21H2,(H,35,36)(H,37,38). The molecular weight excluding hydrogens is 493 g/mol. The highest BCUT2D eigenvalue weighted by atomic mass is 19.1. The molecule has 1 saturated carbocycles. The van der Waals surface area contributed by atoms with E-state index in [0.717, 1.165) is 36.8 Å². The summed E-state index contributed by atoms with van der Waals surface area (Å²) in [5, 5.41) is 14.3. The molecule has 200 valence electrons. The first-order valence-corrected chi connectivity index (χ1v) is 13.5. The molecule has 1 amide bonds. The second-order valence-corrected chi connectivity index (χ2v) is 10.2. The van der Waals surface area contributed by atoms with E-state index < -0.39 is 23.8 Å². The summed E-state index contributed by atoms with van der Waals surface area (Å²) in [5.41, 5.74) is 1.79. The Balaban J connectivity index is 1.50. The molecule has 0 aliphatic heterocycles. The fourth-order valence-corrected chi connectivity index (χ4v) is 5.57. The van der Waals surface area contributed by atoms with Gasteiger partial charge in [0.2, 0.25) is 0 Å². The lowest BCUT2D eigenvalue weighted by Gasteiger charge is -2.27. The van der Waals surface area contributed by atoms with E-state index in [1.54, 1.807) is 18.2 Å². The molecule has 0 saturated heterocycles. The van der Waals surface area contributed by atoms with Crippen molar-refractivity contribution in [2.24, 2.45) is 5.92 Å². The second-order valence-electron chi connectivity index (χ2n) is 10.2. The number of hydrogen-bond donors (Lipinski definition) is 2. The van der Waals surface area contributed by atoms with E-state index in [2.05, 4.69) is 5.32 Å². The Bertz CT molecular complexity index is 1400. The SMILES string of the molecule is O=C(NC(C(=O)O)C(c1ccccc1)c1ccccc1)c1ccc2cc(F)ccc2c1OCC1CCCCC1. The van der Waals surface area contributed by atoms with Gasteiger partial charge in [-0.25, -0.2) is 9.18 Å². The van der Waals surface area contributed by atoms with E-state index in [9.17, 15) is 19.1 Å². The predicted molar refractivity (Wildman–Crippen MR) is 150 cm³/mol. The van der Waals surface area contributed by atoms with Gasteiger partial charge in [0.25, 0.3) is 5.91 Å². The zero-order chi connectivity index (χ0) is 27.2. The molecule has 2 N–H and O–H groups in total. The molecule has 0 spiro atoms. The van der Waals surface area contributed by atoms with Crippen LogP contribution in [0.3, 0.4) is 0 Å². The Labute approximate surface area is 227 Å². The number of carboxylic acids is 1. The molecule has 39 heavy (non-hydrogen) atoms. The van der Waals surface area contributed by atoms with Crippen LogP contribution in [0.1, 0.15) is 59.5 Å². The van der Waals surface area contributed by atoms with Crippen LogP contribution in [0.25, 0.3) is 10.8 Å². The fraction of sp³-hybridized carbons (Fsp3) is 0.273. The lowest BCUT2D eigenvalue weighted by atomic mass is 9.84. The zero-order valence-corrected chi connectivity index (χ0v) is 21.7. The number of nitrogens with one attached hydrogen (secondary N) is 1. The quantitative estimate of drug-likeness (QED) is 0.248. The Kier molecular flexibility index (Phi) is 8.21. The number of carbonyl (C=O) groups is 2. The highest BCUT2D eigenvalue weighted by Gasteiger charge is 2.33. The number of halogens is 1. The summed E-state index contributed by atoms with van der Waals surface area (Å²) in [6, 6.07) is 25.0. The minimum Gasteiger partial charge on any atom is -0.492 e. The van der Waals surface area contributed by atoms with Gasteiger partial charge in [-0.05, 0) is 59.5 Å². The van der Waals surface area contributed by atoms with E-state index in [4.69, 9.17) is 4.74 Å².